The Kier molecular flexibility index (Phi) is 7.18. The van der Waals surface area contributed by atoms with Crippen LogP contribution >= 0.6 is 0 Å². The molecule has 38 heavy (non-hydrogen) atoms. The van der Waals surface area contributed by atoms with Gasteiger partial charge >= 0.3 is 0 Å². The molecule has 2 fully saturated rings. The molecule has 0 aliphatic carbocycles. The van der Waals surface area contributed by atoms with Gasteiger partial charge in [0.15, 0.2) is 0 Å². The number of amides is 1. The van der Waals surface area contributed by atoms with Gasteiger partial charge in [0.2, 0.25) is 5.91 Å². The number of piperidine rings is 1. The third kappa shape index (κ3) is 4.90. The molecule has 7 heteroatoms. The molecule has 2 N–H and O–H groups in total. The number of H-pyrrole nitrogens is 1. The monoisotopic (exact) mass is 515 g/mol. The Hall–Kier alpha value is -3.03. The average molecular weight is 516 g/mol. The van der Waals surface area contributed by atoms with Crippen molar-refractivity contribution in [1.29, 1.82) is 0 Å². The summed E-state index contributed by atoms with van der Waals surface area (Å²) in [5.41, 5.74) is 4.18. The van der Waals surface area contributed by atoms with Gasteiger partial charge in [0, 0.05) is 67.7 Å². The highest BCUT2D eigenvalue weighted by molar-refractivity contribution is 5.73. The molecule has 0 saturated carbocycles. The van der Waals surface area contributed by atoms with E-state index in [1.807, 2.05) is 17.2 Å². The lowest BCUT2D eigenvalue weighted by atomic mass is 9.62. The molecule has 7 nitrogen and oxygen atoms in total. The fourth-order valence-electron chi connectivity index (χ4n) is 6.57. The van der Waals surface area contributed by atoms with Gasteiger partial charge in [-0.15, -0.1) is 0 Å². The van der Waals surface area contributed by atoms with Gasteiger partial charge in [-0.3, -0.25) is 14.9 Å². The summed E-state index contributed by atoms with van der Waals surface area (Å²) in [5, 5.41) is 20.3. The molecule has 3 aromatic rings. The lowest BCUT2D eigenvalue weighted by molar-refractivity contribution is -0.130. The summed E-state index contributed by atoms with van der Waals surface area (Å²) in [7, 11) is 2.09. The predicted molar refractivity (Wildman–Crippen MR) is 150 cm³/mol. The zero-order chi connectivity index (χ0) is 27.1. The van der Waals surface area contributed by atoms with Crippen molar-refractivity contribution in [3.8, 4) is 11.3 Å². The SMILES string of the molecule is CC(=O)N1CCCC(Cc2cc(-c3cncc([C@@](O)(c4ccc(C(C)C)cc4)C4(C)CN(C)C4)c3)n[nH]2)C1. The summed E-state index contributed by atoms with van der Waals surface area (Å²) in [6, 6.07) is 12.5. The van der Waals surface area contributed by atoms with Gasteiger partial charge in [0.05, 0.1) is 5.69 Å². The lowest BCUT2D eigenvalue weighted by Gasteiger charge is -2.55. The summed E-state index contributed by atoms with van der Waals surface area (Å²) in [6.45, 7) is 11.4. The molecule has 1 unspecified atom stereocenters. The number of likely N-dealkylation sites (tertiary alicyclic amines) is 2. The van der Waals surface area contributed by atoms with E-state index in [4.69, 9.17) is 0 Å². The van der Waals surface area contributed by atoms with Gasteiger partial charge in [0.1, 0.15) is 5.60 Å². The quantitative estimate of drug-likeness (QED) is 0.481. The number of aromatic amines is 1. The Bertz CT molecular complexity index is 1280. The van der Waals surface area contributed by atoms with E-state index in [9.17, 15) is 9.90 Å². The number of pyridine rings is 1. The van der Waals surface area contributed by atoms with Crippen molar-refractivity contribution in [2.24, 2.45) is 11.3 Å². The number of carbonyl (C=O) groups excluding carboxylic acids is 1. The maximum atomic E-state index is 12.5. The molecule has 2 aliphatic rings. The zero-order valence-electron chi connectivity index (χ0n) is 23.4. The van der Waals surface area contributed by atoms with E-state index in [1.54, 1.807) is 13.1 Å². The van der Waals surface area contributed by atoms with Gasteiger partial charge in [-0.25, -0.2) is 0 Å². The third-order valence-electron chi connectivity index (χ3n) is 8.66. The summed E-state index contributed by atoms with van der Waals surface area (Å²) in [6.07, 6.45) is 6.64. The second-order valence-corrected chi connectivity index (χ2v) is 12.1. The molecule has 2 aliphatic heterocycles. The molecule has 2 saturated heterocycles. The van der Waals surface area contributed by atoms with Crippen molar-refractivity contribution >= 4 is 5.91 Å². The summed E-state index contributed by atoms with van der Waals surface area (Å²) in [4.78, 5) is 20.6. The van der Waals surface area contributed by atoms with Crippen LogP contribution in [0.4, 0.5) is 0 Å². The molecule has 0 spiro atoms. The Balaban J connectivity index is 1.43. The van der Waals surface area contributed by atoms with Gasteiger partial charge in [-0.2, -0.15) is 5.10 Å². The van der Waals surface area contributed by atoms with Gasteiger partial charge < -0.3 is 14.9 Å². The highest BCUT2D eigenvalue weighted by atomic mass is 16.3. The van der Waals surface area contributed by atoms with E-state index in [2.05, 4.69) is 78.2 Å². The molecule has 0 bridgehead atoms. The predicted octanol–water partition coefficient (Wildman–Crippen LogP) is 4.58. The number of hydrogen-bond donors (Lipinski definition) is 2. The average Bonchev–Trinajstić information content (AvgIpc) is 3.36. The van der Waals surface area contributed by atoms with Crippen molar-refractivity contribution in [3.05, 3.63) is 71.2 Å². The van der Waals surface area contributed by atoms with Crippen molar-refractivity contribution in [3.63, 3.8) is 0 Å². The Morgan fingerprint density at radius 2 is 1.92 bits per heavy atom. The maximum absolute atomic E-state index is 12.5. The Labute approximate surface area is 226 Å². The maximum Gasteiger partial charge on any atom is 0.219 e. The van der Waals surface area contributed by atoms with Crippen LogP contribution in [0.5, 0.6) is 0 Å². The minimum atomic E-state index is -1.19. The van der Waals surface area contributed by atoms with Gasteiger partial charge in [0.25, 0.3) is 0 Å². The van der Waals surface area contributed by atoms with Crippen LogP contribution in [0.3, 0.4) is 0 Å². The first-order valence-corrected chi connectivity index (χ1v) is 13.9. The van der Waals surface area contributed by atoms with Crippen molar-refractivity contribution in [1.82, 2.24) is 25.0 Å². The number of hydrogen-bond acceptors (Lipinski definition) is 5. The standard InChI is InChI=1S/C31H41N5O2/c1-21(2)24-8-10-26(11-9-24)31(38,30(4)19-35(5)20-30)27-14-25(16-32-17-27)29-15-28(33-34-29)13-23-7-6-12-36(18-23)22(3)37/h8-11,14-17,21,23,38H,6-7,12-13,18-20H2,1-5H3,(H,33,34)/t23?,31-/m0/s1. The molecule has 5 rings (SSSR count). The van der Waals surface area contributed by atoms with Crippen molar-refractivity contribution < 1.29 is 9.90 Å². The van der Waals surface area contributed by atoms with E-state index in [0.29, 0.717) is 11.8 Å². The molecule has 0 radical (unpaired) electrons. The minimum absolute atomic E-state index is 0.153. The van der Waals surface area contributed by atoms with Crippen molar-refractivity contribution in [2.75, 3.05) is 33.2 Å². The first kappa shape index (κ1) is 26.6. The number of nitrogens with zero attached hydrogens (tertiary/aromatic N) is 4. The summed E-state index contributed by atoms with van der Waals surface area (Å²) >= 11 is 0. The molecular formula is C31H41N5O2. The topological polar surface area (TPSA) is 85.3 Å². The second-order valence-electron chi connectivity index (χ2n) is 12.1. The highest BCUT2D eigenvalue weighted by Crippen LogP contribution is 2.50. The smallest absolute Gasteiger partial charge is 0.219 e. The summed E-state index contributed by atoms with van der Waals surface area (Å²) in [5.74, 6) is 1.01. The number of nitrogens with one attached hydrogen (secondary N) is 1. The number of benzene rings is 1. The van der Waals surface area contributed by atoms with Crippen LogP contribution in [0, 0.1) is 11.3 Å². The fraction of sp³-hybridized carbons (Fsp3) is 0.516. The molecule has 1 aromatic carbocycles. The number of rotatable bonds is 7. The van der Waals surface area contributed by atoms with Crippen LogP contribution in [-0.2, 0) is 16.8 Å². The number of aliphatic hydroxyl groups is 1. The number of carbonyl (C=O) groups is 1. The molecule has 202 valence electrons. The van der Waals surface area contributed by atoms with Crippen LogP contribution in [0.15, 0.2) is 48.8 Å². The summed E-state index contributed by atoms with van der Waals surface area (Å²) < 4.78 is 0. The zero-order valence-corrected chi connectivity index (χ0v) is 23.4. The van der Waals surface area contributed by atoms with Crippen LogP contribution in [0.1, 0.15) is 68.8 Å². The van der Waals surface area contributed by atoms with E-state index in [0.717, 1.165) is 73.5 Å². The van der Waals surface area contributed by atoms with Crippen LogP contribution in [0.25, 0.3) is 11.3 Å². The van der Waals surface area contributed by atoms with E-state index in [-0.39, 0.29) is 11.3 Å². The van der Waals surface area contributed by atoms with Gasteiger partial charge in [-0.05, 0) is 61.4 Å². The molecular weight excluding hydrogens is 474 g/mol. The molecule has 4 heterocycles. The highest BCUT2D eigenvalue weighted by Gasteiger charge is 2.55. The first-order chi connectivity index (χ1) is 18.1. The van der Waals surface area contributed by atoms with Crippen LogP contribution in [-0.4, -0.2) is 69.2 Å². The Morgan fingerprint density at radius 3 is 2.58 bits per heavy atom. The minimum Gasteiger partial charge on any atom is -0.380 e. The number of aromatic nitrogens is 3. The molecule has 1 amide bonds. The molecule has 2 aromatic heterocycles. The van der Waals surface area contributed by atoms with Crippen LogP contribution in [0.2, 0.25) is 0 Å². The second kappa shape index (κ2) is 10.3. The van der Waals surface area contributed by atoms with Crippen LogP contribution < -0.4 is 0 Å². The molecule has 2 atom stereocenters. The third-order valence-corrected chi connectivity index (χ3v) is 8.66. The fourth-order valence-corrected chi connectivity index (χ4v) is 6.57. The van der Waals surface area contributed by atoms with E-state index in [1.165, 1.54) is 5.56 Å². The Morgan fingerprint density at radius 1 is 1.18 bits per heavy atom. The van der Waals surface area contributed by atoms with Gasteiger partial charge in [-0.1, -0.05) is 45.0 Å². The van der Waals surface area contributed by atoms with E-state index >= 15 is 0 Å². The van der Waals surface area contributed by atoms with Crippen molar-refractivity contribution in [2.45, 2.75) is 58.5 Å². The largest absolute Gasteiger partial charge is 0.380 e. The first-order valence-electron chi connectivity index (χ1n) is 13.9. The normalized spacial score (nSPS) is 21.2. The lowest BCUT2D eigenvalue weighted by Crippen LogP contribution is -2.63. The van der Waals surface area contributed by atoms with E-state index < -0.39 is 5.60 Å².